The van der Waals surface area contributed by atoms with Gasteiger partial charge in [-0.05, 0) is 67.8 Å². The number of hydrogen-bond acceptors (Lipinski definition) is 3. The third kappa shape index (κ3) is 4.39. The van der Waals surface area contributed by atoms with Crippen molar-refractivity contribution in [3.05, 3.63) is 58.3 Å². The van der Waals surface area contributed by atoms with E-state index in [-0.39, 0.29) is 10.7 Å². The zero-order valence-corrected chi connectivity index (χ0v) is 17.2. The maximum atomic E-state index is 13.3. The van der Waals surface area contributed by atoms with Gasteiger partial charge >= 0.3 is 0 Å². The minimum Gasteiger partial charge on any atom is -0.324 e. The van der Waals surface area contributed by atoms with E-state index in [4.69, 9.17) is 0 Å². The summed E-state index contributed by atoms with van der Waals surface area (Å²) in [5, 5.41) is 2.75. The highest BCUT2D eigenvalue weighted by Crippen LogP contribution is 2.27. The van der Waals surface area contributed by atoms with Crippen LogP contribution >= 0.6 is 15.9 Å². The van der Waals surface area contributed by atoms with Gasteiger partial charge in [0.2, 0.25) is 15.9 Å². The quantitative estimate of drug-likeness (QED) is 0.756. The van der Waals surface area contributed by atoms with E-state index < -0.39 is 22.0 Å². The number of benzene rings is 2. The summed E-state index contributed by atoms with van der Waals surface area (Å²) < 4.78 is 41.4. The third-order valence-corrected chi connectivity index (χ3v) is 7.07. The van der Waals surface area contributed by atoms with Crippen molar-refractivity contribution < 1.29 is 17.6 Å². The highest BCUT2D eigenvalue weighted by Gasteiger charge is 2.37. The standard InChI is InChI=1S/C19H20BrFN2O3S/c1-13-12-15(21)7-10-17(13)22-19(24)18-4-2-3-11-23(18)27(25,26)16-8-5-14(20)6-9-16/h5-10,12,18H,2-4,11H2,1H3,(H,22,24)/t18-/m0/s1. The molecule has 0 radical (unpaired) electrons. The number of halogens is 2. The average molecular weight is 455 g/mol. The Bertz CT molecular complexity index is 948. The number of amides is 1. The molecule has 3 rings (SSSR count). The molecule has 144 valence electrons. The van der Waals surface area contributed by atoms with Crippen LogP contribution in [0.4, 0.5) is 10.1 Å². The van der Waals surface area contributed by atoms with Crippen LogP contribution in [-0.2, 0) is 14.8 Å². The first-order valence-corrected chi connectivity index (χ1v) is 10.9. The molecule has 0 aromatic heterocycles. The lowest BCUT2D eigenvalue weighted by Gasteiger charge is -2.33. The Morgan fingerprint density at radius 3 is 2.56 bits per heavy atom. The highest BCUT2D eigenvalue weighted by molar-refractivity contribution is 9.10. The van der Waals surface area contributed by atoms with E-state index in [0.717, 1.165) is 10.9 Å². The SMILES string of the molecule is Cc1cc(F)ccc1NC(=O)[C@@H]1CCCCN1S(=O)(=O)c1ccc(Br)cc1. The minimum atomic E-state index is -3.79. The Labute approximate surface area is 166 Å². The molecular weight excluding hydrogens is 435 g/mol. The van der Waals surface area contributed by atoms with Crippen LogP contribution in [0.5, 0.6) is 0 Å². The number of aryl methyl sites for hydroxylation is 1. The molecule has 5 nitrogen and oxygen atoms in total. The lowest BCUT2D eigenvalue weighted by molar-refractivity contribution is -0.120. The van der Waals surface area contributed by atoms with Crippen LogP contribution in [0, 0.1) is 12.7 Å². The van der Waals surface area contributed by atoms with E-state index in [1.165, 1.54) is 34.6 Å². The Balaban J connectivity index is 1.86. The second kappa shape index (κ2) is 8.08. The second-order valence-corrected chi connectivity index (χ2v) is 9.34. The van der Waals surface area contributed by atoms with Gasteiger partial charge in [-0.15, -0.1) is 0 Å². The number of piperidine rings is 1. The molecule has 1 aliphatic rings. The summed E-state index contributed by atoms with van der Waals surface area (Å²) in [5.74, 6) is -0.785. The summed E-state index contributed by atoms with van der Waals surface area (Å²) in [7, 11) is -3.79. The van der Waals surface area contributed by atoms with E-state index in [1.807, 2.05) is 0 Å². The van der Waals surface area contributed by atoms with Gasteiger partial charge in [0.25, 0.3) is 0 Å². The van der Waals surface area contributed by atoms with E-state index in [2.05, 4.69) is 21.2 Å². The van der Waals surface area contributed by atoms with Gasteiger partial charge in [-0.1, -0.05) is 22.4 Å². The van der Waals surface area contributed by atoms with Crippen molar-refractivity contribution in [2.24, 2.45) is 0 Å². The Kier molecular flexibility index (Phi) is 5.98. The maximum Gasteiger partial charge on any atom is 0.243 e. The molecular formula is C19H20BrFN2O3S. The van der Waals surface area contributed by atoms with Gasteiger partial charge in [0.15, 0.2) is 0 Å². The Morgan fingerprint density at radius 2 is 1.89 bits per heavy atom. The molecule has 8 heteroatoms. The first kappa shape index (κ1) is 20.0. The van der Waals surface area contributed by atoms with Crippen molar-refractivity contribution in [3.63, 3.8) is 0 Å². The highest BCUT2D eigenvalue weighted by atomic mass is 79.9. The molecule has 2 aromatic rings. The van der Waals surface area contributed by atoms with E-state index >= 15 is 0 Å². The molecule has 1 atom stereocenters. The lowest BCUT2D eigenvalue weighted by atomic mass is 10.0. The summed E-state index contributed by atoms with van der Waals surface area (Å²) in [6, 6.07) is 9.64. The van der Waals surface area contributed by atoms with Crippen molar-refractivity contribution in [2.45, 2.75) is 37.1 Å². The monoisotopic (exact) mass is 454 g/mol. The molecule has 0 unspecified atom stereocenters. The predicted octanol–water partition coefficient (Wildman–Crippen LogP) is 4.08. The fraction of sp³-hybridized carbons (Fsp3) is 0.316. The number of rotatable bonds is 4. The van der Waals surface area contributed by atoms with E-state index in [0.29, 0.717) is 30.6 Å². The summed E-state index contributed by atoms with van der Waals surface area (Å²) in [4.78, 5) is 13.0. The molecule has 27 heavy (non-hydrogen) atoms. The molecule has 2 aromatic carbocycles. The number of carbonyl (C=O) groups is 1. The number of carbonyl (C=O) groups excluding carboxylic acids is 1. The molecule has 1 amide bonds. The molecule has 0 bridgehead atoms. The molecule has 1 heterocycles. The molecule has 1 aliphatic heterocycles. The second-order valence-electron chi connectivity index (χ2n) is 6.53. The van der Waals surface area contributed by atoms with Gasteiger partial charge in [0.1, 0.15) is 11.9 Å². The van der Waals surface area contributed by atoms with Crippen molar-refractivity contribution in [2.75, 3.05) is 11.9 Å². The fourth-order valence-corrected chi connectivity index (χ4v) is 5.10. The molecule has 1 N–H and O–H groups in total. The smallest absolute Gasteiger partial charge is 0.243 e. The average Bonchev–Trinajstić information content (AvgIpc) is 2.64. The van der Waals surface area contributed by atoms with Gasteiger partial charge in [0.05, 0.1) is 4.90 Å². The zero-order chi connectivity index (χ0) is 19.6. The molecule has 1 saturated heterocycles. The van der Waals surface area contributed by atoms with Crippen LogP contribution in [0.25, 0.3) is 0 Å². The van der Waals surface area contributed by atoms with E-state index in [1.54, 1.807) is 19.1 Å². The summed E-state index contributed by atoms with van der Waals surface area (Å²) in [6.07, 6.45) is 1.92. The zero-order valence-electron chi connectivity index (χ0n) is 14.8. The van der Waals surface area contributed by atoms with Crippen LogP contribution in [0.15, 0.2) is 51.8 Å². The Hall–Kier alpha value is -1.77. The van der Waals surface area contributed by atoms with Crippen LogP contribution in [0.3, 0.4) is 0 Å². The van der Waals surface area contributed by atoms with Crippen molar-refractivity contribution >= 4 is 37.5 Å². The topological polar surface area (TPSA) is 66.5 Å². The molecule has 0 aliphatic carbocycles. The van der Waals surface area contributed by atoms with Gasteiger partial charge < -0.3 is 5.32 Å². The summed E-state index contributed by atoms with van der Waals surface area (Å²) in [6.45, 7) is 1.98. The van der Waals surface area contributed by atoms with Crippen LogP contribution < -0.4 is 5.32 Å². The van der Waals surface area contributed by atoms with Crippen LogP contribution in [-0.4, -0.2) is 31.2 Å². The van der Waals surface area contributed by atoms with Gasteiger partial charge in [-0.2, -0.15) is 4.31 Å². The summed E-state index contributed by atoms with van der Waals surface area (Å²) in [5.41, 5.74) is 1.06. The largest absolute Gasteiger partial charge is 0.324 e. The number of anilines is 1. The molecule has 1 fully saturated rings. The van der Waals surface area contributed by atoms with Crippen LogP contribution in [0.2, 0.25) is 0 Å². The summed E-state index contributed by atoms with van der Waals surface area (Å²) >= 11 is 3.29. The molecule has 0 spiro atoms. The lowest BCUT2D eigenvalue weighted by Crippen LogP contribution is -2.49. The number of hydrogen-bond donors (Lipinski definition) is 1. The van der Waals surface area contributed by atoms with Crippen molar-refractivity contribution in [1.29, 1.82) is 0 Å². The van der Waals surface area contributed by atoms with Gasteiger partial charge in [0, 0.05) is 16.7 Å². The fourth-order valence-electron chi connectivity index (χ4n) is 3.18. The minimum absolute atomic E-state index is 0.156. The normalized spacial score (nSPS) is 18.3. The Morgan fingerprint density at radius 1 is 1.19 bits per heavy atom. The number of nitrogens with zero attached hydrogens (tertiary/aromatic N) is 1. The van der Waals surface area contributed by atoms with Crippen molar-refractivity contribution in [3.8, 4) is 0 Å². The van der Waals surface area contributed by atoms with Gasteiger partial charge in [-0.3, -0.25) is 4.79 Å². The molecule has 0 saturated carbocycles. The maximum absolute atomic E-state index is 13.3. The predicted molar refractivity (Wildman–Crippen MR) is 105 cm³/mol. The van der Waals surface area contributed by atoms with E-state index in [9.17, 15) is 17.6 Å². The first-order valence-electron chi connectivity index (χ1n) is 8.63. The third-order valence-electron chi connectivity index (χ3n) is 4.62. The number of nitrogens with one attached hydrogen (secondary N) is 1. The van der Waals surface area contributed by atoms with Gasteiger partial charge in [-0.25, -0.2) is 12.8 Å². The van der Waals surface area contributed by atoms with Crippen molar-refractivity contribution in [1.82, 2.24) is 4.31 Å². The first-order chi connectivity index (χ1) is 12.8. The number of sulfonamides is 1. The van der Waals surface area contributed by atoms with Crippen LogP contribution in [0.1, 0.15) is 24.8 Å².